The molecule has 0 amide bonds. The highest BCUT2D eigenvalue weighted by Gasteiger charge is 2.37. The highest BCUT2D eigenvalue weighted by atomic mass is 16.3. The number of aliphatic hydroxyl groups is 1. The molecule has 1 aromatic rings. The van der Waals surface area contributed by atoms with Gasteiger partial charge in [0.1, 0.15) is 0 Å². The molecule has 3 rings (SSSR count). The molecule has 2 aliphatic rings. The highest BCUT2D eigenvalue weighted by molar-refractivity contribution is 5.31. The van der Waals surface area contributed by atoms with Crippen LogP contribution in [0.4, 0.5) is 0 Å². The maximum absolute atomic E-state index is 10.5. The summed E-state index contributed by atoms with van der Waals surface area (Å²) in [5.74, 6) is 0.820. The van der Waals surface area contributed by atoms with E-state index in [0.29, 0.717) is 0 Å². The van der Waals surface area contributed by atoms with Gasteiger partial charge in [-0.25, -0.2) is 0 Å². The van der Waals surface area contributed by atoms with Crippen LogP contribution in [0.25, 0.3) is 0 Å². The molecule has 1 fully saturated rings. The lowest BCUT2D eigenvalue weighted by Crippen LogP contribution is -2.36. The molecule has 0 heterocycles. The lowest BCUT2D eigenvalue weighted by Gasteiger charge is -2.33. The van der Waals surface area contributed by atoms with Crippen molar-refractivity contribution in [2.75, 3.05) is 0 Å². The van der Waals surface area contributed by atoms with E-state index in [9.17, 15) is 5.11 Å². The van der Waals surface area contributed by atoms with Crippen LogP contribution in [0.1, 0.15) is 36.8 Å². The molecule has 80 valence electrons. The van der Waals surface area contributed by atoms with E-state index in [1.165, 1.54) is 24.0 Å². The fraction of sp³-hybridized carbons (Fsp3) is 0.571. The Kier molecular flexibility index (Phi) is 2.10. The summed E-state index contributed by atoms with van der Waals surface area (Å²) in [7, 11) is 0. The summed E-state index contributed by atoms with van der Waals surface area (Å²) >= 11 is 0. The first kappa shape index (κ1) is 9.41. The van der Waals surface area contributed by atoms with Crippen molar-refractivity contribution in [2.24, 2.45) is 5.92 Å². The topological polar surface area (TPSA) is 20.2 Å². The largest absolute Gasteiger partial charge is 0.390 e. The second kappa shape index (κ2) is 3.34. The molecule has 1 N–H and O–H groups in total. The Morgan fingerprint density at radius 2 is 1.93 bits per heavy atom. The summed E-state index contributed by atoms with van der Waals surface area (Å²) < 4.78 is 0. The van der Waals surface area contributed by atoms with Crippen molar-refractivity contribution in [2.45, 2.75) is 44.1 Å². The van der Waals surface area contributed by atoms with Crippen molar-refractivity contribution >= 4 is 0 Å². The van der Waals surface area contributed by atoms with Gasteiger partial charge in [-0.1, -0.05) is 37.1 Å². The Morgan fingerprint density at radius 3 is 2.67 bits per heavy atom. The van der Waals surface area contributed by atoms with Crippen LogP contribution < -0.4 is 0 Å². The normalized spacial score (nSPS) is 29.9. The van der Waals surface area contributed by atoms with Crippen LogP contribution in [0.15, 0.2) is 24.3 Å². The third-order valence-corrected chi connectivity index (χ3v) is 3.86. The first-order chi connectivity index (χ1) is 7.25. The van der Waals surface area contributed by atoms with E-state index in [4.69, 9.17) is 0 Å². The molecule has 0 aliphatic heterocycles. The summed E-state index contributed by atoms with van der Waals surface area (Å²) in [6.45, 7) is 0. The molecule has 2 aliphatic carbocycles. The predicted octanol–water partition coefficient (Wildman–Crippen LogP) is 2.71. The summed E-state index contributed by atoms with van der Waals surface area (Å²) in [4.78, 5) is 0. The van der Waals surface area contributed by atoms with Crippen molar-refractivity contribution in [3.05, 3.63) is 35.4 Å². The molecule has 0 bridgehead atoms. The van der Waals surface area contributed by atoms with Gasteiger partial charge in [0.15, 0.2) is 0 Å². The van der Waals surface area contributed by atoms with Crippen LogP contribution >= 0.6 is 0 Å². The minimum absolute atomic E-state index is 0.393. The number of benzene rings is 1. The summed E-state index contributed by atoms with van der Waals surface area (Å²) in [5, 5.41) is 10.5. The fourth-order valence-corrected chi connectivity index (χ4v) is 2.82. The lowest BCUT2D eigenvalue weighted by molar-refractivity contribution is 0.0126. The van der Waals surface area contributed by atoms with Gasteiger partial charge in [0.05, 0.1) is 5.60 Å². The molecule has 0 radical (unpaired) electrons. The molecule has 1 unspecified atom stereocenters. The van der Waals surface area contributed by atoms with E-state index in [-0.39, 0.29) is 0 Å². The van der Waals surface area contributed by atoms with Gasteiger partial charge in [-0.2, -0.15) is 0 Å². The molecule has 0 saturated heterocycles. The molecule has 1 nitrogen and oxygen atoms in total. The molecule has 0 aromatic heterocycles. The van der Waals surface area contributed by atoms with Gasteiger partial charge in [0.25, 0.3) is 0 Å². The predicted molar refractivity (Wildman–Crippen MR) is 60.8 cm³/mol. The first-order valence-corrected chi connectivity index (χ1v) is 6.04. The quantitative estimate of drug-likeness (QED) is 0.781. The monoisotopic (exact) mass is 202 g/mol. The van der Waals surface area contributed by atoms with Gasteiger partial charge < -0.3 is 5.11 Å². The fourth-order valence-electron chi connectivity index (χ4n) is 2.82. The second-order valence-corrected chi connectivity index (χ2v) is 5.32. The molecular formula is C14H18O. The van der Waals surface area contributed by atoms with E-state index in [0.717, 1.165) is 31.6 Å². The number of fused-ring (bicyclic) bond motifs is 1. The van der Waals surface area contributed by atoms with Crippen molar-refractivity contribution in [3.63, 3.8) is 0 Å². The Hall–Kier alpha value is -0.820. The van der Waals surface area contributed by atoms with Gasteiger partial charge in [-0.3, -0.25) is 0 Å². The van der Waals surface area contributed by atoms with Gasteiger partial charge >= 0.3 is 0 Å². The number of aryl methyl sites for hydroxylation is 1. The summed E-state index contributed by atoms with van der Waals surface area (Å²) in [5.41, 5.74) is 2.42. The number of rotatable bonds is 2. The Bertz CT molecular complexity index is 367. The minimum atomic E-state index is -0.393. The van der Waals surface area contributed by atoms with Crippen LogP contribution in [-0.4, -0.2) is 10.7 Å². The maximum atomic E-state index is 10.5. The molecule has 0 spiro atoms. The van der Waals surface area contributed by atoms with E-state index < -0.39 is 5.60 Å². The lowest BCUT2D eigenvalue weighted by atomic mass is 9.78. The first-order valence-electron chi connectivity index (χ1n) is 6.04. The van der Waals surface area contributed by atoms with E-state index >= 15 is 0 Å². The molecule has 1 atom stereocenters. The average Bonchev–Trinajstić information content (AvgIpc) is 3.01. The third-order valence-electron chi connectivity index (χ3n) is 3.86. The van der Waals surface area contributed by atoms with Gasteiger partial charge in [0.2, 0.25) is 0 Å². The van der Waals surface area contributed by atoms with Crippen LogP contribution in [0, 0.1) is 5.92 Å². The maximum Gasteiger partial charge on any atom is 0.0693 e. The number of hydrogen-bond donors (Lipinski definition) is 1. The second-order valence-electron chi connectivity index (χ2n) is 5.32. The van der Waals surface area contributed by atoms with Crippen LogP contribution in [0.5, 0.6) is 0 Å². The van der Waals surface area contributed by atoms with Crippen molar-refractivity contribution < 1.29 is 5.11 Å². The average molecular weight is 202 g/mol. The van der Waals surface area contributed by atoms with Crippen LogP contribution in [0.3, 0.4) is 0 Å². The van der Waals surface area contributed by atoms with E-state index in [1.807, 2.05) is 0 Å². The molecule has 1 saturated carbocycles. The Labute approximate surface area is 91.1 Å². The van der Waals surface area contributed by atoms with E-state index in [2.05, 4.69) is 24.3 Å². The van der Waals surface area contributed by atoms with Crippen LogP contribution in [-0.2, 0) is 12.8 Å². The SMILES string of the molecule is OC1(CC2CC2)CCc2ccccc2C1. The van der Waals surface area contributed by atoms with E-state index in [1.54, 1.807) is 0 Å². The van der Waals surface area contributed by atoms with Gasteiger partial charge in [-0.05, 0) is 36.3 Å². The Balaban J connectivity index is 1.80. The zero-order valence-corrected chi connectivity index (χ0v) is 9.08. The third kappa shape index (κ3) is 1.93. The van der Waals surface area contributed by atoms with Gasteiger partial charge in [-0.15, -0.1) is 0 Å². The minimum Gasteiger partial charge on any atom is -0.390 e. The zero-order valence-electron chi connectivity index (χ0n) is 9.08. The zero-order chi connectivity index (χ0) is 10.3. The van der Waals surface area contributed by atoms with Crippen LogP contribution in [0.2, 0.25) is 0 Å². The standard InChI is InChI=1S/C14H18O/c15-14(9-11-5-6-11)8-7-12-3-1-2-4-13(12)10-14/h1-4,11,15H,5-10H2. The molecule has 1 aromatic carbocycles. The Morgan fingerprint density at radius 1 is 1.20 bits per heavy atom. The van der Waals surface area contributed by atoms with Crippen molar-refractivity contribution in [1.82, 2.24) is 0 Å². The van der Waals surface area contributed by atoms with Crippen molar-refractivity contribution in [3.8, 4) is 0 Å². The summed E-state index contributed by atoms with van der Waals surface area (Å²) in [6, 6.07) is 8.56. The molecular weight excluding hydrogens is 184 g/mol. The highest BCUT2D eigenvalue weighted by Crippen LogP contribution is 2.41. The van der Waals surface area contributed by atoms with Crippen molar-refractivity contribution in [1.29, 1.82) is 0 Å². The van der Waals surface area contributed by atoms with Gasteiger partial charge in [0, 0.05) is 6.42 Å². The molecule has 1 heteroatoms. The summed E-state index contributed by atoms with van der Waals surface area (Å²) in [6.07, 6.45) is 6.59. The molecule has 15 heavy (non-hydrogen) atoms. The number of hydrogen-bond acceptors (Lipinski definition) is 1. The smallest absolute Gasteiger partial charge is 0.0693 e.